The maximum absolute atomic E-state index is 13.7. The maximum Gasteiger partial charge on any atom is 0.433 e. The van der Waals surface area contributed by atoms with Gasteiger partial charge in [0.25, 0.3) is 10.0 Å². The standard InChI is InChI=1S/C18H11F5N4O3S/c19-11-6-7-14(12(20)8-11)31(29,30)27-17(28)26-16-24-13(10-4-2-1-3-5-10)9-15(25-16)18(21,22)23/h1-9H,(H2,24,25,26,27,28). The number of urea groups is 1. The first kappa shape index (κ1) is 22.1. The molecule has 1 heterocycles. The first-order valence-electron chi connectivity index (χ1n) is 8.26. The van der Waals surface area contributed by atoms with Crippen molar-refractivity contribution >= 4 is 22.0 Å². The molecule has 7 nitrogen and oxygen atoms in total. The van der Waals surface area contributed by atoms with Gasteiger partial charge in [0, 0.05) is 11.6 Å². The summed E-state index contributed by atoms with van der Waals surface area (Å²) in [5, 5.41) is 1.77. The van der Waals surface area contributed by atoms with Crippen molar-refractivity contribution in [2.24, 2.45) is 0 Å². The highest BCUT2D eigenvalue weighted by atomic mass is 32.2. The van der Waals surface area contributed by atoms with Crippen LogP contribution < -0.4 is 10.0 Å². The highest BCUT2D eigenvalue weighted by Crippen LogP contribution is 2.31. The summed E-state index contributed by atoms with van der Waals surface area (Å²) in [5.41, 5.74) is -1.30. The number of hydrogen-bond donors (Lipinski definition) is 2. The molecule has 2 amide bonds. The van der Waals surface area contributed by atoms with Crippen molar-refractivity contribution < 1.29 is 35.2 Å². The molecule has 162 valence electrons. The van der Waals surface area contributed by atoms with Crippen LogP contribution in [0.2, 0.25) is 0 Å². The van der Waals surface area contributed by atoms with Crippen LogP contribution in [0.1, 0.15) is 5.69 Å². The van der Waals surface area contributed by atoms with Crippen molar-refractivity contribution in [1.82, 2.24) is 14.7 Å². The number of rotatable bonds is 4. The second-order valence-corrected chi connectivity index (χ2v) is 7.61. The third kappa shape index (κ3) is 5.31. The molecule has 0 fully saturated rings. The summed E-state index contributed by atoms with van der Waals surface area (Å²) in [6, 6.07) is 8.28. The summed E-state index contributed by atoms with van der Waals surface area (Å²) in [5.74, 6) is -3.37. The lowest BCUT2D eigenvalue weighted by molar-refractivity contribution is -0.141. The zero-order chi connectivity index (χ0) is 22.8. The molecular weight excluding hydrogens is 447 g/mol. The number of halogens is 5. The Morgan fingerprint density at radius 2 is 1.61 bits per heavy atom. The lowest BCUT2D eigenvalue weighted by Crippen LogP contribution is -2.35. The van der Waals surface area contributed by atoms with Crippen molar-refractivity contribution in [3.63, 3.8) is 0 Å². The van der Waals surface area contributed by atoms with Gasteiger partial charge in [-0.15, -0.1) is 0 Å². The Hall–Kier alpha value is -3.61. The van der Waals surface area contributed by atoms with Crippen LogP contribution in [-0.2, 0) is 16.2 Å². The normalized spacial score (nSPS) is 11.8. The van der Waals surface area contributed by atoms with Gasteiger partial charge in [-0.25, -0.2) is 36.7 Å². The molecule has 0 spiro atoms. The summed E-state index contributed by atoms with van der Waals surface area (Å²) < 4.78 is 91.9. The van der Waals surface area contributed by atoms with Crippen LogP contribution in [-0.4, -0.2) is 24.4 Å². The highest BCUT2D eigenvalue weighted by Gasteiger charge is 2.34. The minimum Gasteiger partial charge on any atom is -0.275 e. The van der Waals surface area contributed by atoms with Crippen LogP contribution in [0.25, 0.3) is 11.3 Å². The Labute approximate surface area is 172 Å². The van der Waals surface area contributed by atoms with E-state index < -0.39 is 50.4 Å². The monoisotopic (exact) mass is 458 g/mol. The summed E-state index contributed by atoms with van der Waals surface area (Å²) in [4.78, 5) is 17.9. The molecule has 0 saturated heterocycles. The molecule has 3 aromatic rings. The van der Waals surface area contributed by atoms with E-state index in [1.54, 1.807) is 23.5 Å². The summed E-state index contributed by atoms with van der Waals surface area (Å²) >= 11 is 0. The number of anilines is 1. The first-order valence-corrected chi connectivity index (χ1v) is 9.74. The van der Waals surface area contributed by atoms with Gasteiger partial charge in [-0.1, -0.05) is 30.3 Å². The number of alkyl halides is 3. The van der Waals surface area contributed by atoms with Crippen LogP contribution >= 0.6 is 0 Å². The van der Waals surface area contributed by atoms with E-state index in [0.29, 0.717) is 18.2 Å². The summed E-state index contributed by atoms with van der Waals surface area (Å²) in [7, 11) is -4.81. The fraction of sp³-hybridized carbons (Fsp3) is 0.0556. The average Bonchev–Trinajstić information content (AvgIpc) is 2.67. The summed E-state index contributed by atoms with van der Waals surface area (Å²) in [6.07, 6.45) is -4.89. The van der Waals surface area contributed by atoms with Crippen LogP contribution in [0.3, 0.4) is 0 Å². The minimum absolute atomic E-state index is 0.189. The Morgan fingerprint density at radius 1 is 0.935 bits per heavy atom. The van der Waals surface area contributed by atoms with E-state index in [9.17, 15) is 35.2 Å². The Morgan fingerprint density at radius 3 is 2.23 bits per heavy atom. The van der Waals surface area contributed by atoms with Gasteiger partial charge in [-0.3, -0.25) is 5.32 Å². The van der Waals surface area contributed by atoms with Crippen LogP contribution in [0, 0.1) is 11.6 Å². The number of carbonyl (C=O) groups excluding carboxylic acids is 1. The largest absolute Gasteiger partial charge is 0.433 e. The fourth-order valence-electron chi connectivity index (χ4n) is 2.40. The smallest absolute Gasteiger partial charge is 0.275 e. The number of nitrogens with zero attached hydrogens (tertiary/aromatic N) is 2. The quantitative estimate of drug-likeness (QED) is 0.577. The number of hydrogen-bond acceptors (Lipinski definition) is 5. The fourth-order valence-corrected chi connectivity index (χ4v) is 3.37. The van der Waals surface area contributed by atoms with Crippen LogP contribution in [0.5, 0.6) is 0 Å². The molecule has 1 aromatic heterocycles. The van der Waals surface area contributed by atoms with Gasteiger partial charge >= 0.3 is 12.2 Å². The molecule has 0 unspecified atom stereocenters. The minimum atomic E-state index is -4.89. The van der Waals surface area contributed by atoms with Crippen molar-refractivity contribution in [1.29, 1.82) is 0 Å². The molecule has 3 rings (SSSR count). The van der Waals surface area contributed by atoms with Crippen LogP contribution in [0.15, 0.2) is 59.5 Å². The Balaban J connectivity index is 1.90. The summed E-state index contributed by atoms with van der Waals surface area (Å²) in [6.45, 7) is 0. The molecule has 2 N–H and O–H groups in total. The number of carbonyl (C=O) groups is 1. The first-order chi connectivity index (χ1) is 14.5. The van der Waals surface area contributed by atoms with Gasteiger partial charge in [0.2, 0.25) is 5.95 Å². The molecule has 0 aliphatic carbocycles. The van der Waals surface area contributed by atoms with Crippen molar-refractivity contribution in [2.75, 3.05) is 5.32 Å². The lowest BCUT2D eigenvalue weighted by atomic mass is 10.1. The number of aromatic nitrogens is 2. The molecular formula is C18H11F5N4O3S. The predicted molar refractivity (Wildman–Crippen MR) is 98.2 cm³/mol. The lowest BCUT2D eigenvalue weighted by Gasteiger charge is -2.12. The van der Waals surface area contributed by atoms with Gasteiger partial charge in [0.05, 0.1) is 5.69 Å². The van der Waals surface area contributed by atoms with E-state index in [4.69, 9.17) is 0 Å². The van der Waals surface area contributed by atoms with E-state index in [0.717, 1.165) is 0 Å². The number of amides is 2. The highest BCUT2D eigenvalue weighted by molar-refractivity contribution is 7.90. The topological polar surface area (TPSA) is 101 Å². The number of benzene rings is 2. The van der Waals surface area contributed by atoms with E-state index in [-0.39, 0.29) is 17.3 Å². The van der Waals surface area contributed by atoms with Gasteiger partial charge in [0.1, 0.15) is 16.5 Å². The maximum atomic E-state index is 13.7. The second-order valence-electron chi connectivity index (χ2n) is 5.96. The van der Waals surface area contributed by atoms with E-state index in [2.05, 4.69) is 9.97 Å². The molecule has 31 heavy (non-hydrogen) atoms. The molecule has 0 aliphatic rings. The third-order valence-corrected chi connectivity index (χ3v) is 5.09. The Bertz CT molecular complexity index is 1230. The van der Waals surface area contributed by atoms with Crippen molar-refractivity contribution in [3.05, 3.63) is 71.9 Å². The third-order valence-electron chi connectivity index (χ3n) is 3.72. The second kappa shape index (κ2) is 8.26. The molecule has 13 heteroatoms. The number of nitrogens with one attached hydrogen (secondary N) is 2. The number of sulfonamides is 1. The van der Waals surface area contributed by atoms with Gasteiger partial charge < -0.3 is 0 Å². The molecule has 2 aromatic carbocycles. The molecule has 0 atom stereocenters. The van der Waals surface area contributed by atoms with Crippen molar-refractivity contribution in [3.8, 4) is 11.3 Å². The van der Waals surface area contributed by atoms with E-state index in [1.807, 2.05) is 0 Å². The molecule has 0 bridgehead atoms. The SMILES string of the molecule is O=C(Nc1nc(-c2ccccc2)cc(C(F)(F)F)n1)NS(=O)(=O)c1ccc(F)cc1F. The predicted octanol–water partition coefficient (Wildman–Crippen LogP) is 3.95. The molecule has 0 aliphatic heterocycles. The zero-order valence-corrected chi connectivity index (χ0v) is 15.9. The zero-order valence-electron chi connectivity index (χ0n) is 15.1. The molecule has 0 radical (unpaired) electrons. The van der Waals surface area contributed by atoms with Crippen molar-refractivity contribution in [2.45, 2.75) is 11.1 Å². The van der Waals surface area contributed by atoms with Gasteiger partial charge in [0.15, 0.2) is 5.69 Å². The van der Waals surface area contributed by atoms with E-state index in [1.165, 1.54) is 16.9 Å². The average molecular weight is 458 g/mol. The van der Waals surface area contributed by atoms with Crippen LogP contribution in [0.4, 0.5) is 32.7 Å². The van der Waals surface area contributed by atoms with E-state index >= 15 is 0 Å². The van der Waals surface area contributed by atoms with Gasteiger partial charge in [-0.2, -0.15) is 13.2 Å². The molecule has 0 saturated carbocycles. The Kier molecular flexibility index (Phi) is 5.88. The van der Waals surface area contributed by atoms with Gasteiger partial charge in [-0.05, 0) is 18.2 Å².